The van der Waals surface area contributed by atoms with Crippen LogP contribution in [0.2, 0.25) is 0 Å². The lowest BCUT2D eigenvalue weighted by molar-refractivity contribution is -0.0396. The Morgan fingerprint density at radius 1 is 0.778 bits per heavy atom. The lowest BCUT2D eigenvalue weighted by Crippen LogP contribution is -2.36. The molecule has 0 heterocycles. The second kappa shape index (κ2) is 9.47. The Morgan fingerprint density at radius 3 is 1.56 bits per heavy atom. The van der Waals surface area contributed by atoms with Crippen LogP contribution in [-0.4, -0.2) is 31.4 Å². The molecule has 140 valence electrons. The molecule has 0 spiro atoms. The molecule has 0 aliphatic heterocycles. The van der Waals surface area contributed by atoms with Crippen LogP contribution in [0.5, 0.6) is 0 Å². The van der Waals surface area contributed by atoms with Gasteiger partial charge in [0.2, 0.25) is 0 Å². The average molecular weight is 361 g/mol. The predicted octanol–water partition coefficient (Wildman–Crippen LogP) is 3.97. The molecule has 0 unspecified atom stereocenters. The lowest BCUT2D eigenvalue weighted by atomic mass is 9.80. The van der Waals surface area contributed by atoms with Crippen LogP contribution in [0.25, 0.3) is 0 Å². The van der Waals surface area contributed by atoms with Crippen molar-refractivity contribution in [1.82, 2.24) is 5.32 Å². The van der Waals surface area contributed by atoms with Gasteiger partial charge in [0.1, 0.15) is 5.60 Å². The van der Waals surface area contributed by atoms with Gasteiger partial charge >= 0.3 is 0 Å². The molecule has 0 amide bonds. The van der Waals surface area contributed by atoms with Crippen molar-refractivity contribution in [2.75, 3.05) is 20.2 Å². The Bertz CT molecular complexity index is 694. The second-order valence-electron chi connectivity index (χ2n) is 6.64. The van der Waals surface area contributed by atoms with Gasteiger partial charge in [-0.3, -0.25) is 0 Å². The normalized spacial score (nSPS) is 12.7. The maximum Gasteiger partial charge on any atom is 0.143 e. The first-order valence-electron chi connectivity index (χ1n) is 9.40. The summed E-state index contributed by atoms with van der Waals surface area (Å²) in [6.45, 7) is 1.000. The lowest BCUT2D eigenvalue weighted by Gasteiger charge is -2.36. The first-order chi connectivity index (χ1) is 13.3. The fourth-order valence-electron chi connectivity index (χ4n) is 3.38. The highest BCUT2D eigenvalue weighted by Gasteiger charge is 2.37. The number of aliphatic hydroxyl groups is 1. The van der Waals surface area contributed by atoms with Crippen LogP contribution in [0.1, 0.15) is 23.1 Å². The molecular formula is C24H27NO2. The number of nitrogens with one attached hydrogen (secondary N) is 1. The smallest absolute Gasteiger partial charge is 0.143 e. The summed E-state index contributed by atoms with van der Waals surface area (Å²) in [6, 6.07) is 30.7. The van der Waals surface area contributed by atoms with Crippen LogP contribution >= 0.6 is 0 Å². The molecule has 0 radical (unpaired) electrons. The van der Waals surface area contributed by atoms with Crippen molar-refractivity contribution in [3.05, 3.63) is 108 Å². The number of hydrogen-bond acceptors (Lipinski definition) is 3. The summed E-state index contributed by atoms with van der Waals surface area (Å²) in [6.07, 6.45) is 0.110. The van der Waals surface area contributed by atoms with Crippen molar-refractivity contribution in [2.24, 2.45) is 0 Å². The zero-order valence-electron chi connectivity index (χ0n) is 15.7. The summed E-state index contributed by atoms with van der Waals surface area (Å²) < 4.78 is 6.57. The summed E-state index contributed by atoms with van der Waals surface area (Å²) in [5.74, 6) is 0. The quantitative estimate of drug-likeness (QED) is 0.567. The van der Waals surface area contributed by atoms with E-state index < -0.39 is 11.7 Å². The van der Waals surface area contributed by atoms with Gasteiger partial charge in [0.15, 0.2) is 0 Å². The third-order valence-electron chi connectivity index (χ3n) is 4.76. The number of ether oxygens (including phenoxy) is 1. The summed E-state index contributed by atoms with van der Waals surface area (Å²) >= 11 is 0. The zero-order valence-corrected chi connectivity index (χ0v) is 15.7. The van der Waals surface area contributed by atoms with E-state index in [1.54, 1.807) is 0 Å². The van der Waals surface area contributed by atoms with Crippen molar-refractivity contribution in [3.8, 4) is 0 Å². The first-order valence-corrected chi connectivity index (χ1v) is 9.40. The van der Waals surface area contributed by atoms with E-state index >= 15 is 0 Å². The molecule has 1 atom stereocenters. The highest BCUT2D eigenvalue weighted by atomic mass is 16.5. The molecule has 3 aromatic rings. The van der Waals surface area contributed by atoms with Gasteiger partial charge in [-0.25, -0.2) is 0 Å². The van der Waals surface area contributed by atoms with E-state index in [2.05, 4.69) is 41.7 Å². The maximum atomic E-state index is 10.4. The van der Waals surface area contributed by atoms with Gasteiger partial charge in [0.25, 0.3) is 0 Å². The predicted molar refractivity (Wildman–Crippen MR) is 110 cm³/mol. The van der Waals surface area contributed by atoms with Gasteiger partial charge in [-0.15, -0.1) is 0 Å². The highest BCUT2D eigenvalue weighted by Crippen LogP contribution is 2.40. The van der Waals surface area contributed by atoms with Gasteiger partial charge in [-0.1, -0.05) is 91.0 Å². The van der Waals surface area contributed by atoms with Crippen LogP contribution in [0.3, 0.4) is 0 Å². The van der Waals surface area contributed by atoms with E-state index in [1.165, 1.54) is 0 Å². The van der Waals surface area contributed by atoms with E-state index in [-0.39, 0.29) is 6.61 Å². The molecule has 0 saturated carbocycles. The molecule has 27 heavy (non-hydrogen) atoms. The molecule has 0 bridgehead atoms. The fraction of sp³-hybridized carbons (Fsp3) is 0.250. The molecule has 3 heteroatoms. The summed E-state index contributed by atoms with van der Waals surface area (Å²) in [7, 11) is 1.88. The highest BCUT2D eigenvalue weighted by molar-refractivity contribution is 5.47. The van der Waals surface area contributed by atoms with E-state index in [9.17, 15) is 5.11 Å². The maximum absolute atomic E-state index is 10.4. The van der Waals surface area contributed by atoms with Crippen LogP contribution in [0.15, 0.2) is 91.0 Å². The zero-order chi connectivity index (χ0) is 19.0. The molecular weight excluding hydrogens is 334 g/mol. The topological polar surface area (TPSA) is 41.5 Å². The summed E-state index contributed by atoms with van der Waals surface area (Å²) in [4.78, 5) is 0. The number of hydrogen-bond donors (Lipinski definition) is 2. The van der Waals surface area contributed by atoms with Crippen LogP contribution < -0.4 is 5.32 Å². The molecule has 3 rings (SSSR count). The SMILES string of the molecule is CNCC[C@H](O)COC(c1ccccc1)(c1ccccc1)c1ccccc1. The van der Waals surface area contributed by atoms with Crippen LogP contribution in [-0.2, 0) is 10.3 Å². The van der Waals surface area contributed by atoms with Crippen molar-refractivity contribution < 1.29 is 9.84 Å². The Balaban J connectivity index is 2.08. The molecule has 0 aromatic heterocycles. The average Bonchev–Trinajstić information content (AvgIpc) is 2.75. The minimum Gasteiger partial charge on any atom is -0.391 e. The Kier molecular flexibility index (Phi) is 6.77. The minimum atomic E-state index is -0.773. The molecule has 0 aliphatic carbocycles. The van der Waals surface area contributed by atoms with Gasteiger partial charge < -0.3 is 15.2 Å². The fourth-order valence-corrected chi connectivity index (χ4v) is 3.38. The molecule has 0 aliphatic rings. The van der Waals surface area contributed by atoms with Crippen molar-refractivity contribution in [1.29, 1.82) is 0 Å². The molecule has 2 N–H and O–H groups in total. The Morgan fingerprint density at radius 2 is 1.19 bits per heavy atom. The number of benzene rings is 3. The monoisotopic (exact) mass is 361 g/mol. The van der Waals surface area contributed by atoms with E-state index in [0.29, 0.717) is 6.42 Å². The minimum absolute atomic E-state index is 0.250. The number of rotatable bonds is 9. The van der Waals surface area contributed by atoms with E-state index in [0.717, 1.165) is 23.2 Å². The summed E-state index contributed by atoms with van der Waals surface area (Å²) in [5, 5.41) is 13.5. The van der Waals surface area contributed by atoms with Crippen LogP contribution in [0, 0.1) is 0 Å². The van der Waals surface area contributed by atoms with E-state index in [1.807, 2.05) is 61.6 Å². The van der Waals surface area contributed by atoms with Crippen molar-refractivity contribution in [3.63, 3.8) is 0 Å². The molecule has 0 saturated heterocycles. The molecule has 3 aromatic carbocycles. The van der Waals surface area contributed by atoms with Gasteiger partial charge in [-0.2, -0.15) is 0 Å². The summed E-state index contributed by atoms with van der Waals surface area (Å²) in [5.41, 5.74) is 2.36. The van der Waals surface area contributed by atoms with Gasteiger partial charge in [0.05, 0.1) is 12.7 Å². The number of aliphatic hydroxyl groups excluding tert-OH is 1. The Labute approximate surface area is 161 Å². The van der Waals surface area contributed by atoms with Crippen molar-refractivity contribution >= 4 is 0 Å². The standard InChI is InChI=1S/C24H27NO2/c1-25-18-17-23(26)19-27-24(20-11-5-2-6-12-20,21-13-7-3-8-14-21)22-15-9-4-10-16-22/h2-16,23,25-26H,17-19H2,1H3/t23-/m0/s1. The first kappa shape index (κ1) is 19.3. The van der Waals surface area contributed by atoms with Crippen LogP contribution in [0.4, 0.5) is 0 Å². The largest absolute Gasteiger partial charge is 0.391 e. The van der Waals surface area contributed by atoms with Gasteiger partial charge in [0, 0.05) is 0 Å². The molecule has 3 nitrogen and oxygen atoms in total. The third kappa shape index (κ3) is 4.45. The second-order valence-corrected chi connectivity index (χ2v) is 6.64. The van der Waals surface area contributed by atoms with E-state index in [4.69, 9.17) is 4.74 Å². The molecule has 0 fully saturated rings. The van der Waals surface area contributed by atoms with Gasteiger partial charge in [-0.05, 0) is 36.7 Å². The van der Waals surface area contributed by atoms with Crippen molar-refractivity contribution in [2.45, 2.75) is 18.1 Å². The third-order valence-corrected chi connectivity index (χ3v) is 4.76. The Hall–Kier alpha value is -2.46.